The topological polar surface area (TPSA) is 107 Å². The number of hydrogen-bond acceptors (Lipinski definition) is 7. The second kappa shape index (κ2) is 8.35. The van der Waals surface area contributed by atoms with Gasteiger partial charge in [0, 0.05) is 12.7 Å². The minimum Gasteiger partial charge on any atom is -0.368 e. The molecule has 160 valence electrons. The fraction of sp³-hybridized carbons (Fsp3) is 0.286. The van der Waals surface area contributed by atoms with Crippen molar-refractivity contribution < 1.29 is 0 Å². The Hall–Kier alpha value is -3.46. The molecule has 1 atom stereocenters. The minimum atomic E-state index is -0.348. The normalized spacial score (nSPS) is 12.3. The molecule has 4 rings (SSSR count). The van der Waals surface area contributed by atoms with Crippen LogP contribution < -0.4 is 16.2 Å². The molecular weight excluding hydrogens is 416 g/mol. The number of rotatable bonds is 6. The number of aromatic nitrogens is 6. The van der Waals surface area contributed by atoms with Gasteiger partial charge in [0.2, 0.25) is 11.9 Å². The Morgan fingerprint density at radius 2 is 1.90 bits per heavy atom. The van der Waals surface area contributed by atoms with Crippen molar-refractivity contribution in [2.45, 2.75) is 33.2 Å². The van der Waals surface area contributed by atoms with Crippen molar-refractivity contribution >= 4 is 29.0 Å². The Morgan fingerprint density at radius 1 is 1.16 bits per heavy atom. The van der Waals surface area contributed by atoms with Crippen molar-refractivity contribution in [1.82, 2.24) is 29.1 Å². The van der Waals surface area contributed by atoms with Gasteiger partial charge in [-0.25, -0.2) is 4.52 Å². The van der Waals surface area contributed by atoms with Crippen LogP contribution in [0.2, 0.25) is 5.02 Å². The fourth-order valence-corrected chi connectivity index (χ4v) is 3.83. The molecule has 0 saturated carbocycles. The molecule has 2 N–H and O–H groups in total. The average molecular weight is 439 g/mol. The van der Waals surface area contributed by atoms with Gasteiger partial charge in [0.25, 0.3) is 5.56 Å². The van der Waals surface area contributed by atoms with Crippen LogP contribution in [0.4, 0.5) is 11.9 Å². The van der Waals surface area contributed by atoms with Gasteiger partial charge >= 0.3 is 0 Å². The maximum absolute atomic E-state index is 13.5. The Balaban J connectivity index is 1.95. The summed E-state index contributed by atoms with van der Waals surface area (Å²) in [6.45, 7) is 6.43. The third kappa shape index (κ3) is 3.84. The van der Waals surface area contributed by atoms with Crippen molar-refractivity contribution in [3.8, 4) is 5.69 Å². The summed E-state index contributed by atoms with van der Waals surface area (Å²) in [6, 6.07) is 10.7. The molecule has 3 heterocycles. The van der Waals surface area contributed by atoms with E-state index in [-0.39, 0.29) is 17.5 Å². The van der Waals surface area contributed by atoms with Gasteiger partial charge < -0.3 is 10.6 Å². The van der Waals surface area contributed by atoms with Crippen molar-refractivity contribution in [2.75, 3.05) is 17.2 Å². The van der Waals surface area contributed by atoms with E-state index in [4.69, 9.17) is 22.4 Å². The lowest BCUT2D eigenvalue weighted by atomic mass is 10.2. The molecular formula is C21H23ClN8O. The summed E-state index contributed by atoms with van der Waals surface area (Å²) in [4.78, 5) is 28.3. The van der Waals surface area contributed by atoms with Gasteiger partial charge in [-0.15, -0.1) is 0 Å². The molecule has 0 aliphatic rings. The fourth-order valence-electron chi connectivity index (χ4n) is 3.61. The lowest BCUT2D eigenvalue weighted by Gasteiger charge is -2.30. The predicted molar refractivity (Wildman–Crippen MR) is 121 cm³/mol. The van der Waals surface area contributed by atoms with Gasteiger partial charge in [-0.05, 0) is 38.5 Å². The smallest absolute Gasteiger partial charge is 0.284 e. The van der Waals surface area contributed by atoms with Gasteiger partial charge in [-0.3, -0.25) is 9.36 Å². The quantitative estimate of drug-likeness (QED) is 0.492. The third-order valence-corrected chi connectivity index (χ3v) is 5.30. The number of benzene rings is 1. The number of halogens is 1. The second-order valence-electron chi connectivity index (χ2n) is 7.20. The summed E-state index contributed by atoms with van der Waals surface area (Å²) in [7, 11) is 0. The number of nitrogens with two attached hydrogens (primary N) is 1. The van der Waals surface area contributed by atoms with Gasteiger partial charge in [0.15, 0.2) is 5.82 Å². The first kappa shape index (κ1) is 20.8. The number of nitrogens with zero attached hydrogens (tertiary/aromatic N) is 7. The minimum absolute atomic E-state index is 0.150. The molecule has 0 amide bonds. The van der Waals surface area contributed by atoms with Crippen LogP contribution in [-0.2, 0) is 0 Å². The first-order valence-corrected chi connectivity index (χ1v) is 10.4. The zero-order valence-corrected chi connectivity index (χ0v) is 18.3. The van der Waals surface area contributed by atoms with E-state index in [1.807, 2.05) is 42.2 Å². The molecule has 4 aromatic rings. The standard InChI is InChI=1S/C21H23ClN8O/c1-4-11-28(21-25-14(3)24-20(23)26-21)13(2)18-27-29-12-10-16(22)17(29)19(31)30(18)15-8-6-5-7-9-15/h5-10,12-13H,4,11H2,1-3H3,(H2,23,24,25,26)/t13-/m0/s1. The Labute approximate surface area is 184 Å². The van der Waals surface area contributed by atoms with Crippen LogP contribution in [0.25, 0.3) is 11.2 Å². The molecule has 31 heavy (non-hydrogen) atoms. The zero-order chi connectivity index (χ0) is 22.1. The van der Waals surface area contributed by atoms with Crippen molar-refractivity contribution in [3.05, 3.63) is 69.6 Å². The first-order chi connectivity index (χ1) is 14.9. The highest BCUT2D eigenvalue weighted by Gasteiger charge is 2.26. The molecule has 10 heteroatoms. The third-order valence-electron chi connectivity index (χ3n) is 4.99. The van der Waals surface area contributed by atoms with Crippen LogP contribution in [0.15, 0.2) is 47.4 Å². The SMILES string of the molecule is CCCN(c1nc(C)nc(N)n1)[C@@H](C)c1nn2ccc(Cl)c2c(=O)n1-c1ccccc1. The van der Waals surface area contributed by atoms with Gasteiger partial charge in [0.05, 0.1) is 16.8 Å². The molecule has 0 unspecified atom stereocenters. The molecule has 0 saturated heterocycles. The summed E-state index contributed by atoms with van der Waals surface area (Å²) in [5.41, 5.74) is 6.65. The van der Waals surface area contributed by atoms with Crippen LogP contribution in [0.3, 0.4) is 0 Å². The second-order valence-corrected chi connectivity index (χ2v) is 7.61. The lowest BCUT2D eigenvalue weighted by molar-refractivity contribution is 0.570. The molecule has 0 spiro atoms. The van der Waals surface area contributed by atoms with Crippen molar-refractivity contribution in [1.29, 1.82) is 0 Å². The zero-order valence-electron chi connectivity index (χ0n) is 17.5. The average Bonchev–Trinajstić information content (AvgIpc) is 3.12. The molecule has 1 aromatic carbocycles. The van der Waals surface area contributed by atoms with Gasteiger partial charge in [-0.2, -0.15) is 20.1 Å². The summed E-state index contributed by atoms with van der Waals surface area (Å²) in [6.07, 6.45) is 2.52. The number of para-hydroxylation sites is 1. The van der Waals surface area contributed by atoms with Crippen LogP contribution in [0.5, 0.6) is 0 Å². The molecule has 0 aliphatic carbocycles. The Morgan fingerprint density at radius 3 is 2.58 bits per heavy atom. The summed E-state index contributed by atoms with van der Waals surface area (Å²) in [5.74, 6) is 1.65. The van der Waals surface area contributed by atoms with E-state index in [0.29, 0.717) is 40.4 Å². The number of hydrogen-bond donors (Lipinski definition) is 1. The monoisotopic (exact) mass is 438 g/mol. The highest BCUT2D eigenvalue weighted by Crippen LogP contribution is 2.26. The van der Waals surface area contributed by atoms with Crippen LogP contribution in [0, 0.1) is 6.92 Å². The molecule has 0 aliphatic heterocycles. The van der Waals surface area contributed by atoms with Crippen LogP contribution in [0.1, 0.15) is 38.0 Å². The number of nitrogen functional groups attached to an aromatic ring is 1. The highest BCUT2D eigenvalue weighted by atomic mass is 35.5. The Bertz CT molecular complexity index is 1260. The highest BCUT2D eigenvalue weighted by molar-refractivity contribution is 6.33. The van der Waals surface area contributed by atoms with E-state index in [9.17, 15) is 4.79 Å². The van der Waals surface area contributed by atoms with Crippen LogP contribution in [-0.4, -0.2) is 35.7 Å². The largest absolute Gasteiger partial charge is 0.368 e. The van der Waals surface area contributed by atoms with E-state index in [1.165, 1.54) is 4.52 Å². The number of aryl methyl sites for hydroxylation is 1. The lowest BCUT2D eigenvalue weighted by Crippen LogP contribution is -2.36. The molecule has 3 aromatic heterocycles. The van der Waals surface area contributed by atoms with E-state index < -0.39 is 0 Å². The number of fused-ring (bicyclic) bond motifs is 1. The molecule has 0 radical (unpaired) electrons. The maximum Gasteiger partial charge on any atom is 0.284 e. The first-order valence-electron chi connectivity index (χ1n) is 10.0. The summed E-state index contributed by atoms with van der Waals surface area (Å²) >= 11 is 6.29. The summed E-state index contributed by atoms with van der Waals surface area (Å²) < 4.78 is 3.11. The van der Waals surface area contributed by atoms with Gasteiger partial charge in [0.1, 0.15) is 11.3 Å². The molecule has 0 fully saturated rings. The number of anilines is 2. The molecule has 9 nitrogen and oxygen atoms in total. The van der Waals surface area contributed by atoms with E-state index in [2.05, 4.69) is 21.9 Å². The van der Waals surface area contributed by atoms with E-state index in [0.717, 1.165) is 6.42 Å². The van der Waals surface area contributed by atoms with Crippen molar-refractivity contribution in [3.63, 3.8) is 0 Å². The van der Waals surface area contributed by atoms with E-state index >= 15 is 0 Å². The predicted octanol–water partition coefficient (Wildman–Crippen LogP) is 3.19. The Kier molecular flexibility index (Phi) is 5.60. The maximum atomic E-state index is 13.5. The van der Waals surface area contributed by atoms with E-state index in [1.54, 1.807) is 23.8 Å². The van der Waals surface area contributed by atoms with Crippen LogP contribution >= 0.6 is 11.6 Å². The molecule has 0 bridgehead atoms. The van der Waals surface area contributed by atoms with Gasteiger partial charge in [-0.1, -0.05) is 36.7 Å². The summed E-state index contributed by atoms with van der Waals surface area (Å²) in [5, 5.41) is 5.11. The van der Waals surface area contributed by atoms with Crippen molar-refractivity contribution in [2.24, 2.45) is 0 Å².